The molecule has 1 saturated heterocycles. The van der Waals surface area contributed by atoms with Gasteiger partial charge in [-0.2, -0.15) is 0 Å². The fraction of sp³-hybridized carbons (Fsp3) is 1.00. The predicted molar refractivity (Wildman–Crippen MR) is 36.6 cm³/mol. The first-order chi connectivity index (χ1) is 4.99. The molecule has 66 valence electrons. The number of rotatable bonds is 1. The summed E-state index contributed by atoms with van der Waals surface area (Å²) < 4.78 is 4.85. The van der Waals surface area contributed by atoms with Crippen molar-refractivity contribution in [3.63, 3.8) is 0 Å². The molecule has 0 radical (unpaired) electrons. The van der Waals surface area contributed by atoms with E-state index in [0.717, 1.165) is 0 Å². The molecule has 1 fully saturated rings. The fourth-order valence-corrected chi connectivity index (χ4v) is 1.17. The molecule has 0 amide bonds. The monoisotopic (exact) mass is 163 g/mol. The van der Waals surface area contributed by atoms with Crippen LogP contribution in [-0.4, -0.2) is 46.0 Å². The molecule has 1 aliphatic heterocycles. The van der Waals surface area contributed by atoms with Crippen molar-refractivity contribution in [2.75, 3.05) is 6.61 Å². The summed E-state index contributed by atoms with van der Waals surface area (Å²) in [6.07, 6.45) is -1.82. The molecule has 11 heavy (non-hydrogen) atoms. The van der Waals surface area contributed by atoms with Crippen LogP contribution in [0, 0.1) is 0 Å². The Morgan fingerprint density at radius 2 is 2.18 bits per heavy atom. The van der Waals surface area contributed by atoms with Gasteiger partial charge in [-0.05, 0) is 6.92 Å². The van der Waals surface area contributed by atoms with E-state index in [1.165, 1.54) is 6.92 Å². The molecule has 0 saturated carbocycles. The molecule has 0 aromatic rings. The van der Waals surface area contributed by atoms with Crippen LogP contribution in [0.2, 0.25) is 0 Å². The molecular formula is C6H13NO4. The number of aliphatic hydroxyl groups is 3. The Morgan fingerprint density at radius 3 is 2.36 bits per heavy atom. The number of ether oxygens (including phenoxy) is 1. The van der Waals surface area contributed by atoms with Gasteiger partial charge in [0.1, 0.15) is 12.2 Å². The van der Waals surface area contributed by atoms with Crippen molar-refractivity contribution in [1.82, 2.24) is 0 Å². The van der Waals surface area contributed by atoms with E-state index >= 15 is 0 Å². The van der Waals surface area contributed by atoms with Crippen LogP contribution in [0.1, 0.15) is 6.92 Å². The quantitative estimate of drug-likeness (QED) is 0.351. The van der Waals surface area contributed by atoms with Crippen molar-refractivity contribution in [2.45, 2.75) is 31.0 Å². The first-order valence-corrected chi connectivity index (χ1v) is 3.43. The minimum Gasteiger partial charge on any atom is -0.394 e. The zero-order chi connectivity index (χ0) is 8.65. The molecule has 5 nitrogen and oxygen atoms in total. The number of aliphatic hydroxyl groups excluding tert-OH is 2. The van der Waals surface area contributed by atoms with Gasteiger partial charge in [0.25, 0.3) is 0 Å². The Hall–Kier alpha value is -0.200. The molecule has 0 aliphatic carbocycles. The maximum absolute atomic E-state index is 9.27. The van der Waals surface area contributed by atoms with E-state index in [1.807, 2.05) is 0 Å². The van der Waals surface area contributed by atoms with Crippen molar-refractivity contribution < 1.29 is 20.1 Å². The zero-order valence-electron chi connectivity index (χ0n) is 6.27. The molecule has 4 atom stereocenters. The highest BCUT2D eigenvalue weighted by molar-refractivity contribution is 4.95. The van der Waals surface area contributed by atoms with Gasteiger partial charge in [0.15, 0.2) is 5.79 Å². The van der Waals surface area contributed by atoms with E-state index in [-0.39, 0.29) is 6.61 Å². The Labute approximate surface area is 64.4 Å². The van der Waals surface area contributed by atoms with E-state index in [4.69, 9.17) is 15.6 Å². The lowest BCUT2D eigenvalue weighted by atomic mass is 10.1. The van der Waals surface area contributed by atoms with Crippen LogP contribution < -0.4 is 5.73 Å². The summed E-state index contributed by atoms with van der Waals surface area (Å²) in [6, 6.07) is -0.727. The summed E-state index contributed by atoms with van der Waals surface area (Å²) >= 11 is 0. The average Bonchev–Trinajstić information content (AvgIpc) is 2.13. The van der Waals surface area contributed by atoms with Crippen molar-refractivity contribution in [3.05, 3.63) is 0 Å². The van der Waals surface area contributed by atoms with Crippen LogP contribution in [0.4, 0.5) is 0 Å². The summed E-state index contributed by atoms with van der Waals surface area (Å²) in [6.45, 7) is 1.02. The van der Waals surface area contributed by atoms with Crippen molar-refractivity contribution >= 4 is 0 Å². The first kappa shape index (κ1) is 8.89. The smallest absolute Gasteiger partial charge is 0.191 e. The molecule has 0 aromatic carbocycles. The van der Waals surface area contributed by atoms with Crippen LogP contribution in [0.5, 0.6) is 0 Å². The third kappa shape index (κ3) is 1.38. The SMILES string of the molecule is C[C@@]1(O)O[C@H](CO)[C@@H](N)[C@H]1O. The molecule has 0 spiro atoms. The highest BCUT2D eigenvalue weighted by Crippen LogP contribution is 2.26. The van der Waals surface area contributed by atoms with Crippen LogP contribution in [-0.2, 0) is 4.74 Å². The summed E-state index contributed by atoms with van der Waals surface area (Å²) in [5, 5.41) is 27.1. The highest BCUT2D eigenvalue weighted by Gasteiger charge is 2.48. The summed E-state index contributed by atoms with van der Waals surface area (Å²) in [4.78, 5) is 0. The first-order valence-electron chi connectivity index (χ1n) is 3.43. The highest BCUT2D eigenvalue weighted by atomic mass is 16.7. The Morgan fingerprint density at radius 1 is 1.64 bits per heavy atom. The van der Waals surface area contributed by atoms with Gasteiger partial charge in [-0.25, -0.2) is 0 Å². The normalized spacial score (nSPS) is 51.5. The lowest BCUT2D eigenvalue weighted by Gasteiger charge is -2.20. The molecule has 0 bridgehead atoms. The van der Waals surface area contributed by atoms with E-state index in [9.17, 15) is 10.2 Å². The third-order valence-electron chi connectivity index (χ3n) is 1.91. The second kappa shape index (κ2) is 2.69. The van der Waals surface area contributed by atoms with Gasteiger partial charge in [-0.3, -0.25) is 0 Å². The van der Waals surface area contributed by atoms with Gasteiger partial charge in [-0.1, -0.05) is 0 Å². The average molecular weight is 163 g/mol. The van der Waals surface area contributed by atoms with Crippen LogP contribution in [0.3, 0.4) is 0 Å². The molecule has 1 heterocycles. The predicted octanol–water partition coefficient (Wildman–Crippen LogP) is -2.23. The maximum Gasteiger partial charge on any atom is 0.191 e. The van der Waals surface area contributed by atoms with Gasteiger partial charge in [0.05, 0.1) is 12.6 Å². The lowest BCUT2D eigenvalue weighted by Crippen LogP contribution is -2.45. The topological polar surface area (TPSA) is 95.9 Å². The number of hydrogen-bond acceptors (Lipinski definition) is 5. The second-order valence-electron chi connectivity index (χ2n) is 2.92. The molecule has 5 heteroatoms. The fourth-order valence-electron chi connectivity index (χ4n) is 1.17. The molecule has 1 rings (SSSR count). The largest absolute Gasteiger partial charge is 0.394 e. The Bertz CT molecular complexity index is 150. The van der Waals surface area contributed by atoms with Crippen molar-refractivity contribution in [2.24, 2.45) is 5.73 Å². The van der Waals surface area contributed by atoms with Crippen molar-refractivity contribution in [1.29, 1.82) is 0 Å². The standard InChI is InChI=1S/C6H13NO4/c1-6(10)5(9)4(7)3(2-8)11-6/h3-5,8-10H,2,7H2,1H3/t3-,4-,5-,6-/m1/s1. The summed E-state index contributed by atoms with van der Waals surface area (Å²) in [5.74, 6) is -1.63. The van der Waals surface area contributed by atoms with Crippen LogP contribution in [0.15, 0.2) is 0 Å². The minimum atomic E-state index is -1.63. The molecule has 5 N–H and O–H groups in total. The van der Waals surface area contributed by atoms with Gasteiger partial charge in [-0.15, -0.1) is 0 Å². The van der Waals surface area contributed by atoms with E-state index < -0.39 is 24.0 Å². The second-order valence-corrected chi connectivity index (χ2v) is 2.92. The van der Waals surface area contributed by atoms with Gasteiger partial charge in [0, 0.05) is 0 Å². The van der Waals surface area contributed by atoms with Crippen LogP contribution >= 0.6 is 0 Å². The summed E-state index contributed by atoms with van der Waals surface area (Å²) in [5.41, 5.74) is 5.41. The molecule has 1 aliphatic rings. The number of hydrogen-bond donors (Lipinski definition) is 4. The van der Waals surface area contributed by atoms with E-state index in [1.54, 1.807) is 0 Å². The minimum absolute atomic E-state index is 0.297. The molecule has 0 unspecified atom stereocenters. The van der Waals surface area contributed by atoms with Crippen LogP contribution in [0.25, 0.3) is 0 Å². The lowest BCUT2D eigenvalue weighted by molar-refractivity contribution is -0.217. The van der Waals surface area contributed by atoms with E-state index in [0.29, 0.717) is 0 Å². The van der Waals surface area contributed by atoms with Crippen molar-refractivity contribution in [3.8, 4) is 0 Å². The molecule has 0 aromatic heterocycles. The zero-order valence-corrected chi connectivity index (χ0v) is 6.27. The third-order valence-corrected chi connectivity index (χ3v) is 1.91. The Balaban J connectivity index is 2.69. The van der Waals surface area contributed by atoms with E-state index in [2.05, 4.69) is 0 Å². The van der Waals surface area contributed by atoms with Gasteiger partial charge in [0.2, 0.25) is 0 Å². The Kier molecular flexibility index (Phi) is 2.17. The maximum atomic E-state index is 9.27. The number of nitrogens with two attached hydrogens (primary N) is 1. The van der Waals surface area contributed by atoms with Gasteiger partial charge < -0.3 is 25.8 Å². The molecular weight excluding hydrogens is 150 g/mol. The van der Waals surface area contributed by atoms with Gasteiger partial charge >= 0.3 is 0 Å². The summed E-state index contributed by atoms with van der Waals surface area (Å²) in [7, 11) is 0.